The van der Waals surface area contributed by atoms with Gasteiger partial charge in [-0.05, 0) is 12.1 Å². The molecule has 6 heteroatoms. The van der Waals surface area contributed by atoms with Gasteiger partial charge in [-0.2, -0.15) is 0 Å². The largest absolute Gasteiger partial charge is 0.481 e. The van der Waals surface area contributed by atoms with Crippen LogP contribution < -0.4 is 0 Å². The molecule has 0 fully saturated rings. The summed E-state index contributed by atoms with van der Waals surface area (Å²) in [6, 6.07) is 1.85. The molecule has 3 nitrogen and oxygen atoms in total. The van der Waals surface area contributed by atoms with Crippen molar-refractivity contribution >= 4 is 5.97 Å². The average molecular weight is 205 g/mol. The predicted octanol–water partition coefficient (Wildman–Crippen LogP) is 1.79. The number of rotatable bonds is 3. The second kappa shape index (κ2) is 4.08. The number of pyridine rings is 1. The fourth-order valence-corrected chi connectivity index (χ4v) is 0.907. The van der Waals surface area contributed by atoms with E-state index in [-0.39, 0.29) is 5.69 Å². The van der Waals surface area contributed by atoms with Gasteiger partial charge in [0.1, 0.15) is 5.69 Å². The molecule has 14 heavy (non-hydrogen) atoms. The van der Waals surface area contributed by atoms with Crippen LogP contribution in [0.5, 0.6) is 0 Å². The number of nitrogens with zero attached hydrogens (tertiary/aromatic N) is 1. The molecule has 0 amide bonds. The summed E-state index contributed by atoms with van der Waals surface area (Å²) in [6.07, 6.45) is -3.54. The summed E-state index contributed by atoms with van der Waals surface area (Å²) in [4.78, 5) is 13.4. The first kappa shape index (κ1) is 10.5. The summed E-state index contributed by atoms with van der Waals surface area (Å²) in [7, 11) is 0. The number of alkyl halides is 2. The highest BCUT2D eigenvalue weighted by molar-refractivity contribution is 5.69. The molecule has 0 radical (unpaired) electrons. The van der Waals surface area contributed by atoms with Crippen molar-refractivity contribution in [3.8, 4) is 0 Å². The lowest BCUT2D eigenvalue weighted by Crippen LogP contribution is -2.05. The highest BCUT2D eigenvalue weighted by Gasteiger charge is 2.16. The zero-order chi connectivity index (χ0) is 10.7. The number of hydrogen-bond donors (Lipinski definition) is 1. The van der Waals surface area contributed by atoms with Gasteiger partial charge in [-0.1, -0.05) is 0 Å². The number of carboxylic acid groups (broad SMARTS) is 1. The summed E-state index contributed by atoms with van der Waals surface area (Å²) in [5.74, 6) is -2.33. The Morgan fingerprint density at radius 2 is 2.14 bits per heavy atom. The predicted molar refractivity (Wildman–Crippen MR) is 40.5 cm³/mol. The second-order valence-corrected chi connectivity index (χ2v) is 2.54. The Labute approximate surface area is 77.2 Å². The van der Waals surface area contributed by atoms with Crippen LogP contribution >= 0.6 is 0 Å². The first-order valence-corrected chi connectivity index (χ1v) is 3.66. The molecule has 0 aliphatic rings. The minimum absolute atomic E-state index is 0.0887. The average Bonchev–Trinajstić information content (AvgIpc) is 2.07. The number of carbonyl (C=O) groups is 1. The summed E-state index contributed by atoms with van der Waals surface area (Å²) in [5, 5.41) is 8.34. The molecule has 1 N–H and O–H groups in total. The van der Waals surface area contributed by atoms with Gasteiger partial charge in [-0.15, -0.1) is 0 Å². The van der Waals surface area contributed by atoms with E-state index in [9.17, 15) is 18.0 Å². The fourth-order valence-electron chi connectivity index (χ4n) is 0.907. The van der Waals surface area contributed by atoms with E-state index >= 15 is 0 Å². The number of aliphatic carboxylic acids is 1. The third kappa shape index (κ3) is 2.45. The van der Waals surface area contributed by atoms with E-state index in [2.05, 4.69) is 4.98 Å². The topological polar surface area (TPSA) is 50.2 Å². The molecule has 1 aromatic heterocycles. The van der Waals surface area contributed by atoms with E-state index in [0.29, 0.717) is 0 Å². The number of carboxylic acids is 1. The van der Waals surface area contributed by atoms with Gasteiger partial charge < -0.3 is 5.11 Å². The van der Waals surface area contributed by atoms with Crippen LogP contribution in [0.3, 0.4) is 0 Å². The molecule has 0 aliphatic carbocycles. The van der Waals surface area contributed by atoms with Gasteiger partial charge >= 0.3 is 5.97 Å². The van der Waals surface area contributed by atoms with Crippen molar-refractivity contribution in [1.82, 2.24) is 4.98 Å². The molecule has 0 aliphatic heterocycles. The zero-order valence-electron chi connectivity index (χ0n) is 6.88. The molecule has 0 aromatic carbocycles. The summed E-state index contributed by atoms with van der Waals surface area (Å²) >= 11 is 0. The first-order valence-electron chi connectivity index (χ1n) is 3.66. The van der Waals surface area contributed by atoms with Gasteiger partial charge in [0.2, 0.25) is 0 Å². The van der Waals surface area contributed by atoms with Gasteiger partial charge in [0.05, 0.1) is 12.1 Å². The summed E-state index contributed by atoms with van der Waals surface area (Å²) in [5.41, 5.74) is -1.10. The summed E-state index contributed by atoms with van der Waals surface area (Å²) < 4.78 is 36.9. The zero-order valence-corrected chi connectivity index (χ0v) is 6.88. The Morgan fingerprint density at radius 1 is 1.50 bits per heavy atom. The van der Waals surface area contributed by atoms with Gasteiger partial charge in [0.25, 0.3) is 6.43 Å². The van der Waals surface area contributed by atoms with Crippen LogP contribution in [0.15, 0.2) is 12.1 Å². The molecule has 0 unspecified atom stereocenters. The third-order valence-electron chi connectivity index (χ3n) is 1.47. The van der Waals surface area contributed by atoms with Crippen molar-refractivity contribution < 1.29 is 23.1 Å². The second-order valence-electron chi connectivity index (χ2n) is 2.54. The van der Waals surface area contributed by atoms with E-state index in [1.165, 1.54) is 0 Å². The van der Waals surface area contributed by atoms with E-state index < -0.39 is 30.3 Å². The summed E-state index contributed by atoms with van der Waals surface area (Å²) in [6.45, 7) is 0. The maximum atomic E-state index is 12.7. The molecular weight excluding hydrogens is 199 g/mol. The normalized spacial score (nSPS) is 10.6. The van der Waals surface area contributed by atoms with Crippen molar-refractivity contribution in [3.63, 3.8) is 0 Å². The number of hydrogen-bond acceptors (Lipinski definition) is 2. The molecular formula is C8H6F3NO2. The molecule has 1 rings (SSSR count). The standard InChI is InChI=1S/C8H6F3NO2/c9-5-2-1-4(3-6(13)14)12-7(5)8(10)11/h1-2,8H,3H2,(H,13,14). The van der Waals surface area contributed by atoms with Gasteiger partial charge in [-0.25, -0.2) is 18.2 Å². The Balaban J connectivity index is 3.00. The molecule has 0 bridgehead atoms. The van der Waals surface area contributed by atoms with Crippen molar-refractivity contribution in [2.45, 2.75) is 12.8 Å². The van der Waals surface area contributed by atoms with Crippen LogP contribution in [0.2, 0.25) is 0 Å². The SMILES string of the molecule is O=C(O)Cc1ccc(F)c(C(F)F)n1. The molecule has 76 valence electrons. The lowest BCUT2D eigenvalue weighted by molar-refractivity contribution is -0.136. The van der Waals surface area contributed by atoms with Crippen LogP contribution in [0.1, 0.15) is 17.8 Å². The molecule has 0 spiro atoms. The Hall–Kier alpha value is -1.59. The Bertz CT molecular complexity index is 354. The van der Waals surface area contributed by atoms with Gasteiger partial charge in [-0.3, -0.25) is 4.79 Å². The lowest BCUT2D eigenvalue weighted by atomic mass is 10.2. The first-order chi connectivity index (χ1) is 6.50. The Kier molecular flexibility index (Phi) is 3.06. The van der Waals surface area contributed by atoms with Crippen LogP contribution in [-0.4, -0.2) is 16.1 Å². The molecule has 0 saturated heterocycles. The minimum atomic E-state index is -3.04. The van der Waals surface area contributed by atoms with E-state index in [1.54, 1.807) is 0 Å². The van der Waals surface area contributed by atoms with Crippen LogP contribution in [0.25, 0.3) is 0 Å². The van der Waals surface area contributed by atoms with Crippen LogP contribution in [0, 0.1) is 5.82 Å². The minimum Gasteiger partial charge on any atom is -0.481 e. The maximum absolute atomic E-state index is 12.7. The van der Waals surface area contributed by atoms with Crippen molar-refractivity contribution in [2.24, 2.45) is 0 Å². The molecule has 0 atom stereocenters. The quantitative estimate of drug-likeness (QED) is 0.818. The monoisotopic (exact) mass is 205 g/mol. The highest BCUT2D eigenvalue weighted by atomic mass is 19.3. The van der Waals surface area contributed by atoms with E-state index in [4.69, 9.17) is 5.11 Å². The number of aromatic nitrogens is 1. The fraction of sp³-hybridized carbons (Fsp3) is 0.250. The number of halogens is 3. The maximum Gasteiger partial charge on any atom is 0.309 e. The molecule has 1 heterocycles. The van der Waals surface area contributed by atoms with E-state index in [0.717, 1.165) is 12.1 Å². The van der Waals surface area contributed by atoms with Crippen molar-refractivity contribution in [1.29, 1.82) is 0 Å². The Morgan fingerprint density at radius 3 is 2.64 bits per heavy atom. The smallest absolute Gasteiger partial charge is 0.309 e. The molecule has 0 saturated carbocycles. The lowest BCUT2D eigenvalue weighted by Gasteiger charge is -2.02. The van der Waals surface area contributed by atoms with Gasteiger partial charge in [0.15, 0.2) is 5.82 Å². The molecule has 1 aromatic rings. The third-order valence-corrected chi connectivity index (χ3v) is 1.47. The van der Waals surface area contributed by atoms with Gasteiger partial charge in [0, 0.05) is 0 Å². The highest BCUT2D eigenvalue weighted by Crippen LogP contribution is 2.19. The van der Waals surface area contributed by atoms with Crippen molar-refractivity contribution in [2.75, 3.05) is 0 Å². The van der Waals surface area contributed by atoms with Crippen LogP contribution in [-0.2, 0) is 11.2 Å². The van der Waals surface area contributed by atoms with E-state index in [1.807, 2.05) is 0 Å². The van der Waals surface area contributed by atoms with Crippen molar-refractivity contribution in [3.05, 3.63) is 29.3 Å². The van der Waals surface area contributed by atoms with Crippen LogP contribution in [0.4, 0.5) is 13.2 Å².